The van der Waals surface area contributed by atoms with Gasteiger partial charge in [-0.05, 0) is 43.3 Å². The van der Waals surface area contributed by atoms with Gasteiger partial charge in [0.25, 0.3) is 5.91 Å². The van der Waals surface area contributed by atoms with Crippen LogP contribution in [0, 0.1) is 0 Å². The van der Waals surface area contributed by atoms with Crippen LogP contribution in [0.4, 0.5) is 18.9 Å². The lowest BCUT2D eigenvalue weighted by Crippen LogP contribution is -2.30. The van der Waals surface area contributed by atoms with Gasteiger partial charge in [-0.2, -0.15) is 13.2 Å². The number of amides is 1. The minimum Gasteiger partial charge on any atom is -0.492 e. The van der Waals surface area contributed by atoms with Gasteiger partial charge >= 0.3 is 6.18 Å². The number of benzene rings is 2. The Kier molecular flexibility index (Phi) is 6.46. The van der Waals surface area contributed by atoms with Gasteiger partial charge in [0.1, 0.15) is 18.1 Å². The number of anilines is 1. The molecule has 1 unspecified atom stereocenters. The van der Waals surface area contributed by atoms with Crippen LogP contribution in [0.15, 0.2) is 48.5 Å². The predicted molar refractivity (Wildman–Crippen MR) is 91.2 cm³/mol. The Bertz CT molecular complexity index is 733. The lowest BCUT2D eigenvalue weighted by molar-refractivity contribution is -0.140. The first-order valence-electron chi connectivity index (χ1n) is 7.88. The zero-order valence-electron chi connectivity index (χ0n) is 14.0. The van der Waals surface area contributed by atoms with Crippen molar-refractivity contribution in [1.29, 1.82) is 0 Å². The summed E-state index contributed by atoms with van der Waals surface area (Å²) in [6.45, 7) is 2.13. The highest BCUT2D eigenvalue weighted by atomic mass is 19.4. The lowest BCUT2D eigenvalue weighted by Gasteiger charge is -2.18. The maximum Gasteiger partial charge on any atom is 0.419 e. The fourth-order valence-electron chi connectivity index (χ4n) is 2.10. The summed E-state index contributed by atoms with van der Waals surface area (Å²) >= 11 is 0. The maximum atomic E-state index is 13.0. The van der Waals surface area contributed by atoms with Crippen LogP contribution >= 0.6 is 0 Å². The van der Waals surface area contributed by atoms with Crippen LogP contribution in [0.2, 0.25) is 0 Å². The molecule has 0 aliphatic rings. The first-order chi connectivity index (χ1) is 12.3. The van der Waals surface area contributed by atoms with E-state index in [2.05, 4.69) is 5.32 Å². The molecule has 140 valence electrons. The number of nitrogens with two attached hydrogens (primary N) is 1. The van der Waals surface area contributed by atoms with Gasteiger partial charge in [-0.3, -0.25) is 4.79 Å². The molecular weight excluding hydrogens is 349 g/mol. The number of ether oxygens (including phenoxy) is 2. The van der Waals surface area contributed by atoms with E-state index in [0.29, 0.717) is 24.6 Å². The minimum absolute atomic E-state index is 0.370. The highest BCUT2D eigenvalue weighted by Crippen LogP contribution is 2.36. The summed E-state index contributed by atoms with van der Waals surface area (Å²) in [5, 5.41) is 2.58. The first kappa shape index (κ1) is 19.6. The molecule has 2 rings (SSSR count). The van der Waals surface area contributed by atoms with Crippen molar-refractivity contribution in [3.8, 4) is 11.5 Å². The van der Waals surface area contributed by atoms with Crippen LogP contribution in [0.5, 0.6) is 11.5 Å². The zero-order valence-corrected chi connectivity index (χ0v) is 14.0. The van der Waals surface area contributed by atoms with Gasteiger partial charge in [0, 0.05) is 12.2 Å². The highest BCUT2D eigenvalue weighted by molar-refractivity contribution is 5.94. The average molecular weight is 368 g/mol. The van der Waals surface area contributed by atoms with Gasteiger partial charge in [0.15, 0.2) is 6.10 Å². The molecule has 2 aromatic carbocycles. The molecule has 0 fully saturated rings. The van der Waals surface area contributed by atoms with Gasteiger partial charge < -0.3 is 20.5 Å². The number of halogens is 3. The van der Waals surface area contributed by atoms with E-state index in [1.165, 1.54) is 25.1 Å². The summed E-state index contributed by atoms with van der Waals surface area (Å²) < 4.78 is 49.4. The van der Waals surface area contributed by atoms with Gasteiger partial charge in [0.05, 0.1) is 5.56 Å². The highest BCUT2D eigenvalue weighted by Gasteiger charge is 2.34. The van der Waals surface area contributed by atoms with E-state index < -0.39 is 29.5 Å². The topological polar surface area (TPSA) is 73.6 Å². The molecule has 8 heteroatoms. The summed E-state index contributed by atoms with van der Waals surface area (Å²) in [6.07, 6.45) is -5.68. The number of carbonyl (C=O) groups is 1. The van der Waals surface area contributed by atoms with Gasteiger partial charge in [-0.1, -0.05) is 12.1 Å². The standard InChI is InChI=1S/C18H19F3N2O3/c1-12(26-16-5-3-2-4-15(16)18(19,20)21)17(24)23-13-6-8-14(9-7-13)25-11-10-22/h2-9,12H,10-11,22H2,1H3,(H,23,24). The molecule has 3 N–H and O–H groups in total. The Labute approximate surface area is 148 Å². The lowest BCUT2D eigenvalue weighted by atomic mass is 10.2. The summed E-state index contributed by atoms with van der Waals surface area (Å²) in [6, 6.07) is 11.3. The Morgan fingerprint density at radius 1 is 1.15 bits per heavy atom. The van der Waals surface area contributed by atoms with E-state index in [1.54, 1.807) is 24.3 Å². The Hall–Kier alpha value is -2.74. The van der Waals surface area contributed by atoms with Crippen LogP contribution in [0.1, 0.15) is 12.5 Å². The minimum atomic E-state index is -4.56. The van der Waals surface area contributed by atoms with Crippen molar-refractivity contribution in [2.75, 3.05) is 18.5 Å². The fraction of sp³-hybridized carbons (Fsp3) is 0.278. The molecule has 0 saturated carbocycles. The molecule has 0 aliphatic heterocycles. The number of hydrogen-bond donors (Lipinski definition) is 2. The molecule has 0 saturated heterocycles. The SMILES string of the molecule is CC(Oc1ccccc1C(F)(F)F)C(=O)Nc1ccc(OCCN)cc1. The Morgan fingerprint density at radius 2 is 1.81 bits per heavy atom. The maximum absolute atomic E-state index is 13.0. The number of carbonyl (C=O) groups excluding carboxylic acids is 1. The number of alkyl halides is 3. The van der Waals surface area contributed by atoms with E-state index in [4.69, 9.17) is 15.2 Å². The van der Waals surface area contributed by atoms with Crippen molar-refractivity contribution >= 4 is 11.6 Å². The normalized spacial score (nSPS) is 12.3. The Morgan fingerprint density at radius 3 is 2.42 bits per heavy atom. The molecule has 0 heterocycles. The number of para-hydroxylation sites is 1. The van der Waals surface area contributed by atoms with Crippen molar-refractivity contribution < 1.29 is 27.4 Å². The molecule has 5 nitrogen and oxygen atoms in total. The molecule has 26 heavy (non-hydrogen) atoms. The van der Waals surface area contributed by atoms with E-state index >= 15 is 0 Å². The molecule has 0 radical (unpaired) electrons. The average Bonchev–Trinajstić information content (AvgIpc) is 2.60. The van der Waals surface area contributed by atoms with Crippen molar-refractivity contribution in [2.45, 2.75) is 19.2 Å². The summed E-state index contributed by atoms with van der Waals surface area (Å²) in [4.78, 5) is 12.2. The Balaban J connectivity index is 2.00. The van der Waals surface area contributed by atoms with Crippen LogP contribution in [0.25, 0.3) is 0 Å². The predicted octanol–water partition coefficient (Wildman–Crippen LogP) is 3.45. The van der Waals surface area contributed by atoms with Crippen molar-refractivity contribution in [3.05, 3.63) is 54.1 Å². The molecule has 0 aliphatic carbocycles. The first-order valence-corrected chi connectivity index (χ1v) is 7.88. The van der Waals surface area contributed by atoms with Crippen LogP contribution in [-0.4, -0.2) is 25.2 Å². The van der Waals surface area contributed by atoms with Crippen LogP contribution < -0.4 is 20.5 Å². The fourth-order valence-corrected chi connectivity index (χ4v) is 2.10. The number of hydrogen-bond acceptors (Lipinski definition) is 4. The third-order valence-electron chi connectivity index (χ3n) is 3.37. The third-order valence-corrected chi connectivity index (χ3v) is 3.37. The monoisotopic (exact) mass is 368 g/mol. The smallest absolute Gasteiger partial charge is 0.419 e. The molecule has 2 aromatic rings. The van der Waals surface area contributed by atoms with Crippen molar-refractivity contribution in [1.82, 2.24) is 0 Å². The molecule has 1 atom stereocenters. The van der Waals surface area contributed by atoms with Crippen molar-refractivity contribution in [3.63, 3.8) is 0 Å². The van der Waals surface area contributed by atoms with E-state index in [0.717, 1.165) is 6.07 Å². The van der Waals surface area contributed by atoms with Crippen LogP contribution in [0.3, 0.4) is 0 Å². The van der Waals surface area contributed by atoms with Crippen LogP contribution in [-0.2, 0) is 11.0 Å². The third kappa shape index (κ3) is 5.38. The van der Waals surface area contributed by atoms with E-state index in [1.807, 2.05) is 0 Å². The second-order valence-electron chi connectivity index (χ2n) is 5.40. The molecule has 1 amide bonds. The molecule has 0 bridgehead atoms. The largest absolute Gasteiger partial charge is 0.492 e. The van der Waals surface area contributed by atoms with Gasteiger partial charge in [-0.15, -0.1) is 0 Å². The second-order valence-corrected chi connectivity index (χ2v) is 5.40. The van der Waals surface area contributed by atoms with Gasteiger partial charge in [0.2, 0.25) is 0 Å². The number of nitrogens with one attached hydrogen (secondary N) is 1. The summed E-state index contributed by atoms with van der Waals surface area (Å²) in [7, 11) is 0. The molecular formula is C18H19F3N2O3. The zero-order chi connectivity index (χ0) is 19.2. The number of rotatable bonds is 7. The van der Waals surface area contributed by atoms with E-state index in [9.17, 15) is 18.0 Å². The summed E-state index contributed by atoms with van der Waals surface area (Å²) in [5.74, 6) is -0.373. The summed E-state index contributed by atoms with van der Waals surface area (Å²) in [5.41, 5.74) is 4.88. The van der Waals surface area contributed by atoms with E-state index in [-0.39, 0.29) is 0 Å². The van der Waals surface area contributed by atoms with Crippen molar-refractivity contribution in [2.24, 2.45) is 5.73 Å². The second kappa shape index (κ2) is 8.57. The quantitative estimate of drug-likeness (QED) is 0.785. The molecule has 0 aromatic heterocycles. The molecule has 0 spiro atoms. The van der Waals surface area contributed by atoms with Gasteiger partial charge in [-0.25, -0.2) is 0 Å².